The van der Waals surface area contributed by atoms with Crippen LogP contribution in [0.1, 0.15) is 32.1 Å². The molecular weight excluding hydrogens is 314 g/mol. The Balaban J connectivity index is 1.66. The summed E-state index contributed by atoms with van der Waals surface area (Å²) in [7, 11) is 1.87. The van der Waals surface area contributed by atoms with Gasteiger partial charge in [-0.2, -0.15) is 4.80 Å². The van der Waals surface area contributed by atoms with Gasteiger partial charge < -0.3 is 4.90 Å². The van der Waals surface area contributed by atoms with E-state index in [0.29, 0.717) is 22.5 Å². The molecule has 122 valence electrons. The van der Waals surface area contributed by atoms with Gasteiger partial charge in [0, 0.05) is 18.7 Å². The Morgan fingerprint density at radius 2 is 2.04 bits per heavy atom. The average molecular weight is 334 g/mol. The highest BCUT2D eigenvalue weighted by molar-refractivity contribution is 6.33. The SMILES string of the molecule is CN(C(=O)Cn1nnc(-c2ccccc2Cl)n1)C1CCCCC1. The second kappa shape index (κ2) is 7.08. The first-order valence-corrected chi connectivity index (χ1v) is 8.31. The molecule has 7 heteroatoms. The van der Waals surface area contributed by atoms with Gasteiger partial charge in [-0.25, -0.2) is 0 Å². The fraction of sp³-hybridized carbons (Fsp3) is 0.500. The summed E-state index contributed by atoms with van der Waals surface area (Å²) in [6, 6.07) is 7.66. The van der Waals surface area contributed by atoms with Crippen LogP contribution in [0.5, 0.6) is 0 Å². The van der Waals surface area contributed by atoms with Gasteiger partial charge in [0.15, 0.2) is 0 Å². The summed E-state index contributed by atoms with van der Waals surface area (Å²) in [6.45, 7) is 0.102. The third kappa shape index (κ3) is 3.69. The van der Waals surface area contributed by atoms with E-state index in [9.17, 15) is 4.79 Å². The molecule has 0 N–H and O–H groups in total. The van der Waals surface area contributed by atoms with Crippen molar-refractivity contribution < 1.29 is 4.79 Å². The van der Waals surface area contributed by atoms with E-state index >= 15 is 0 Å². The predicted molar refractivity (Wildman–Crippen MR) is 87.9 cm³/mol. The van der Waals surface area contributed by atoms with Crippen molar-refractivity contribution in [2.75, 3.05) is 7.05 Å². The molecule has 0 bridgehead atoms. The number of aromatic nitrogens is 4. The van der Waals surface area contributed by atoms with Crippen molar-refractivity contribution in [1.82, 2.24) is 25.1 Å². The maximum Gasteiger partial charge on any atom is 0.246 e. The summed E-state index contributed by atoms with van der Waals surface area (Å²) in [5, 5.41) is 12.8. The summed E-state index contributed by atoms with van der Waals surface area (Å²) >= 11 is 6.13. The highest BCUT2D eigenvalue weighted by Crippen LogP contribution is 2.24. The van der Waals surface area contributed by atoms with Gasteiger partial charge in [-0.1, -0.05) is 43.0 Å². The lowest BCUT2D eigenvalue weighted by atomic mass is 9.94. The molecule has 0 aliphatic heterocycles. The van der Waals surface area contributed by atoms with E-state index in [1.165, 1.54) is 24.1 Å². The second-order valence-electron chi connectivity index (χ2n) is 5.92. The van der Waals surface area contributed by atoms with Crippen LogP contribution in [0.25, 0.3) is 11.4 Å². The fourth-order valence-electron chi connectivity index (χ4n) is 2.97. The molecule has 1 fully saturated rings. The van der Waals surface area contributed by atoms with E-state index in [4.69, 9.17) is 11.6 Å². The van der Waals surface area contributed by atoms with Gasteiger partial charge in [0.25, 0.3) is 0 Å². The fourth-order valence-corrected chi connectivity index (χ4v) is 3.19. The van der Waals surface area contributed by atoms with Crippen LogP contribution in [-0.2, 0) is 11.3 Å². The van der Waals surface area contributed by atoms with Crippen LogP contribution in [0.15, 0.2) is 24.3 Å². The Bertz CT molecular complexity index is 681. The predicted octanol–water partition coefficient (Wildman–Crippen LogP) is 2.78. The number of benzene rings is 1. The molecule has 6 nitrogen and oxygen atoms in total. The molecular formula is C16H20ClN5O. The quantitative estimate of drug-likeness (QED) is 0.863. The van der Waals surface area contributed by atoms with Crippen molar-refractivity contribution >= 4 is 17.5 Å². The zero-order chi connectivity index (χ0) is 16.2. The van der Waals surface area contributed by atoms with Crippen LogP contribution in [0.2, 0.25) is 5.02 Å². The van der Waals surface area contributed by atoms with Gasteiger partial charge in [0.05, 0.1) is 5.02 Å². The van der Waals surface area contributed by atoms with Gasteiger partial charge in [-0.3, -0.25) is 4.79 Å². The second-order valence-corrected chi connectivity index (χ2v) is 6.33. The number of carbonyl (C=O) groups excluding carboxylic acids is 1. The molecule has 0 radical (unpaired) electrons. The molecule has 0 unspecified atom stereocenters. The van der Waals surface area contributed by atoms with Crippen molar-refractivity contribution in [3.05, 3.63) is 29.3 Å². The number of amides is 1. The summed E-state index contributed by atoms with van der Waals surface area (Å²) in [4.78, 5) is 15.6. The van der Waals surface area contributed by atoms with Gasteiger partial charge in [0.2, 0.25) is 11.7 Å². The Morgan fingerprint density at radius 3 is 2.78 bits per heavy atom. The highest BCUT2D eigenvalue weighted by Gasteiger charge is 2.23. The Hall–Kier alpha value is -1.95. The third-order valence-electron chi connectivity index (χ3n) is 4.36. The topological polar surface area (TPSA) is 63.9 Å². The number of carbonyl (C=O) groups is 1. The van der Waals surface area contributed by atoms with Crippen LogP contribution in [0.3, 0.4) is 0 Å². The lowest BCUT2D eigenvalue weighted by molar-refractivity contribution is -0.133. The van der Waals surface area contributed by atoms with Crippen molar-refractivity contribution in [2.45, 2.75) is 44.7 Å². The van der Waals surface area contributed by atoms with Crippen molar-refractivity contribution in [2.24, 2.45) is 0 Å². The molecule has 1 saturated carbocycles. The number of nitrogens with zero attached hydrogens (tertiary/aromatic N) is 5. The van der Waals surface area contributed by atoms with Gasteiger partial charge in [-0.15, -0.1) is 10.2 Å². The van der Waals surface area contributed by atoms with Gasteiger partial charge in [-0.05, 0) is 30.2 Å². The van der Waals surface area contributed by atoms with E-state index in [2.05, 4.69) is 15.4 Å². The molecule has 1 aliphatic carbocycles. The third-order valence-corrected chi connectivity index (χ3v) is 4.69. The van der Waals surface area contributed by atoms with E-state index in [1.807, 2.05) is 30.1 Å². The van der Waals surface area contributed by atoms with E-state index in [1.54, 1.807) is 6.07 Å². The first-order valence-electron chi connectivity index (χ1n) is 7.93. The first-order chi connectivity index (χ1) is 11.1. The molecule has 23 heavy (non-hydrogen) atoms. The Labute approximate surface area is 140 Å². The highest BCUT2D eigenvalue weighted by atomic mass is 35.5. The zero-order valence-corrected chi connectivity index (χ0v) is 13.9. The summed E-state index contributed by atoms with van der Waals surface area (Å²) in [6.07, 6.45) is 5.82. The molecule has 1 aromatic heterocycles. The number of rotatable bonds is 4. The monoisotopic (exact) mass is 333 g/mol. The first kappa shape index (κ1) is 15.9. The van der Waals surface area contributed by atoms with E-state index in [0.717, 1.165) is 12.8 Å². The lowest BCUT2D eigenvalue weighted by Gasteiger charge is -2.31. The van der Waals surface area contributed by atoms with Gasteiger partial charge >= 0.3 is 0 Å². The number of tetrazole rings is 1. The normalized spacial score (nSPS) is 15.6. The molecule has 1 heterocycles. The lowest BCUT2D eigenvalue weighted by Crippen LogP contribution is -2.40. The minimum absolute atomic E-state index is 0.0139. The maximum absolute atomic E-state index is 12.4. The van der Waals surface area contributed by atoms with Crippen LogP contribution in [0, 0.1) is 0 Å². The minimum Gasteiger partial charge on any atom is -0.341 e. The average Bonchev–Trinajstić information content (AvgIpc) is 3.03. The molecule has 1 aromatic carbocycles. The molecule has 0 saturated heterocycles. The minimum atomic E-state index is 0.0139. The van der Waals surface area contributed by atoms with Crippen molar-refractivity contribution in [3.8, 4) is 11.4 Å². The number of likely N-dealkylation sites (N-methyl/N-ethyl adjacent to an activating group) is 1. The Morgan fingerprint density at radius 1 is 1.30 bits per heavy atom. The smallest absolute Gasteiger partial charge is 0.246 e. The number of hydrogen-bond acceptors (Lipinski definition) is 4. The summed E-state index contributed by atoms with van der Waals surface area (Å²) in [5.74, 6) is 0.448. The number of halogens is 1. The Kier molecular flexibility index (Phi) is 4.91. The molecule has 0 atom stereocenters. The maximum atomic E-state index is 12.4. The number of hydrogen-bond donors (Lipinski definition) is 0. The van der Waals surface area contributed by atoms with Crippen LogP contribution in [0.4, 0.5) is 0 Å². The van der Waals surface area contributed by atoms with Gasteiger partial charge in [0.1, 0.15) is 6.54 Å². The largest absolute Gasteiger partial charge is 0.341 e. The summed E-state index contributed by atoms with van der Waals surface area (Å²) < 4.78 is 0. The van der Waals surface area contributed by atoms with Crippen LogP contribution in [-0.4, -0.2) is 44.1 Å². The van der Waals surface area contributed by atoms with Crippen LogP contribution < -0.4 is 0 Å². The molecule has 2 aromatic rings. The van der Waals surface area contributed by atoms with E-state index < -0.39 is 0 Å². The molecule has 0 spiro atoms. The van der Waals surface area contributed by atoms with Crippen molar-refractivity contribution in [1.29, 1.82) is 0 Å². The van der Waals surface area contributed by atoms with Crippen LogP contribution >= 0.6 is 11.6 Å². The zero-order valence-electron chi connectivity index (χ0n) is 13.2. The van der Waals surface area contributed by atoms with E-state index in [-0.39, 0.29) is 12.5 Å². The summed E-state index contributed by atoms with van der Waals surface area (Å²) in [5.41, 5.74) is 0.716. The molecule has 1 aliphatic rings. The molecule has 3 rings (SSSR count). The standard InChI is InChI=1S/C16H20ClN5O/c1-21(12-7-3-2-4-8-12)15(23)11-22-19-16(18-20-22)13-9-5-6-10-14(13)17/h5-6,9-10,12H,2-4,7-8,11H2,1H3. The van der Waals surface area contributed by atoms with Crippen molar-refractivity contribution in [3.63, 3.8) is 0 Å². The molecule has 1 amide bonds.